The van der Waals surface area contributed by atoms with Gasteiger partial charge >= 0.3 is 0 Å². The third-order valence-corrected chi connectivity index (χ3v) is 5.74. The molecule has 1 unspecified atom stereocenters. The van der Waals surface area contributed by atoms with Crippen molar-refractivity contribution in [3.05, 3.63) is 71.2 Å². The second kappa shape index (κ2) is 8.42. The Bertz CT molecular complexity index is 914. The summed E-state index contributed by atoms with van der Waals surface area (Å²) in [6.07, 6.45) is 0. The van der Waals surface area contributed by atoms with Gasteiger partial charge in [-0.15, -0.1) is 23.1 Å². The first-order valence-electron chi connectivity index (χ1n) is 7.91. The summed E-state index contributed by atoms with van der Waals surface area (Å²) in [5.41, 5.74) is 1.42. The molecule has 7 heteroatoms. The number of benzene rings is 2. The Morgan fingerprint density at radius 2 is 1.85 bits per heavy atom. The number of nitrogens with zero attached hydrogens (tertiary/aromatic N) is 1. The van der Waals surface area contributed by atoms with Gasteiger partial charge in [0.25, 0.3) is 0 Å². The van der Waals surface area contributed by atoms with Crippen LogP contribution < -0.4 is 5.32 Å². The average Bonchev–Trinajstić information content (AvgIpc) is 3.10. The first-order chi connectivity index (χ1) is 12.5. The van der Waals surface area contributed by atoms with E-state index in [2.05, 4.69) is 10.3 Å². The zero-order valence-electron chi connectivity index (χ0n) is 13.9. The van der Waals surface area contributed by atoms with Crippen LogP contribution in [0.2, 0.25) is 0 Å². The highest BCUT2D eigenvalue weighted by atomic mass is 32.2. The minimum Gasteiger partial charge on any atom is -0.323 e. The molecule has 0 spiro atoms. The van der Waals surface area contributed by atoms with Gasteiger partial charge in [-0.3, -0.25) is 4.79 Å². The van der Waals surface area contributed by atoms with E-state index in [0.717, 1.165) is 5.69 Å². The highest BCUT2D eigenvalue weighted by Crippen LogP contribution is 2.28. The van der Waals surface area contributed by atoms with Crippen LogP contribution in [0.3, 0.4) is 0 Å². The Kier molecular flexibility index (Phi) is 6.00. The molecule has 1 aromatic heterocycles. The average molecular weight is 390 g/mol. The topological polar surface area (TPSA) is 42.0 Å². The molecular formula is C19H16F2N2OS2. The molecule has 3 nitrogen and oxygen atoms in total. The Hall–Kier alpha value is -2.25. The van der Waals surface area contributed by atoms with Gasteiger partial charge in [0.05, 0.1) is 16.6 Å². The molecule has 0 saturated heterocycles. The van der Waals surface area contributed by atoms with Gasteiger partial charge in [0, 0.05) is 16.7 Å². The fraction of sp³-hybridized carbons (Fsp3) is 0.158. The molecule has 1 heterocycles. The molecule has 134 valence electrons. The molecule has 0 aliphatic rings. The molecule has 26 heavy (non-hydrogen) atoms. The quantitative estimate of drug-likeness (QED) is 0.617. The number of para-hydroxylation sites is 1. The van der Waals surface area contributed by atoms with Crippen LogP contribution in [0.1, 0.15) is 12.6 Å². The monoisotopic (exact) mass is 390 g/mol. The van der Waals surface area contributed by atoms with E-state index in [9.17, 15) is 13.6 Å². The SMILES string of the molecule is CC(SCc1csc(-c2ccccc2F)n1)C(=O)Nc1ccccc1F. The Morgan fingerprint density at radius 3 is 2.58 bits per heavy atom. The number of halogens is 2. The van der Waals surface area contributed by atoms with Crippen molar-refractivity contribution in [3.8, 4) is 10.6 Å². The summed E-state index contributed by atoms with van der Waals surface area (Å²) in [4.78, 5) is 16.6. The highest BCUT2D eigenvalue weighted by molar-refractivity contribution is 7.99. The molecule has 1 atom stereocenters. The van der Waals surface area contributed by atoms with Crippen LogP contribution >= 0.6 is 23.1 Å². The van der Waals surface area contributed by atoms with E-state index in [1.807, 2.05) is 5.38 Å². The van der Waals surface area contributed by atoms with E-state index in [-0.39, 0.29) is 22.7 Å². The number of hydrogen-bond acceptors (Lipinski definition) is 4. The number of amides is 1. The molecule has 1 N–H and O–H groups in total. The van der Waals surface area contributed by atoms with Gasteiger partial charge in [-0.25, -0.2) is 13.8 Å². The van der Waals surface area contributed by atoms with Gasteiger partial charge in [-0.2, -0.15) is 0 Å². The van der Waals surface area contributed by atoms with Gasteiger partial charge in [0.1, 0.15) is 16.6 Å². The number of thiazole rings is 1. The molecule has 3 rings (SSSR count). The molecular weight excluding hydrogens is 374 g/mol. The number of thioether (sulfide) groups is 1. The largest absolute Gasteiger partial charge is 0.323 e. The maximum absolute atomic E-state index is 13.8. The molecule has 0 fully saturated rings. The number of rotatable bonds is 6. The lowest BCUT2D eigenvalue weighted by molar-refractivity contribution is -0.115. The van der Waals surface area contributed by atoms with Crippen molar-refractivity contribution in [1.82, 2.24) is 4.98 Å². The summed E-state index contributed by atoms with van der Waals surface area (Å²) in [6, 6.07) is 12.5. The standard InChI is InChI=1S/C19H16F2N2OS2/c1-12(18(24)23-17-9-5-4-8-16(17)21)25-10-13-11-26-19(22-13)14-6-2-3-7-15(14)20/h2-9,11-12H,10H2,1H3,(H,23,24). The van der Waals surface area contributed by atoms with Gasteiger partial charge in [0.2, 0.25) is 5.91 Å². The first kappa shape index (κ1) is 18.5. The fourth-order valence-corrected chi connectivity index (χ4v) is 3.95. The third kappa shape index (κ3) is 4.47. The lowest BCUT2D eigenvalue weighted by Crippen LogP contribution is -2.23. The van der Waals surface area contributed by atoms with Crippen molar-refractivity contribution >= 4 is 34.7 Å². The van der Waals surface area contributed by atoms with Crippen molar-refractivity contribution in [2.75, 3.05) is 5.32 Å². The van der Waals surface area contributed by atoms with Crippen LogP contribution in [-0.4, -0.2) is 16.1 Å². The molecule has 0 aliphatic carbocycles. The molecule has 1 amide bonds. The van der Waals surface area contributed by atoms with E-state index < -0.39 is 5.82 Å². The molecule has 2 aromatic carbocycles. The smallest absolute Gasteiger partial charge is 0.237 e. The molecule has 0 aliphatic heterocycles. The van der Waals surface area contributed by atoms with Gasteiger partial charge in [-0.05, 0) is 31.2 Å². The van der Waals surface area contributed by atoms with Crippen LogP contribution in [0.4, 0.5) is 14.5 Å². The van der Waals surface area contributed by atoms with Crippen LogP contribution in [0.5, 0.6) is 0 Å². The molecule has 0 bridgehead atoms. The summed E-state index contributed by atoms with van der Waals surface area (Å²) < 4.78 is 27.4. The summed E-state index contributed by atoms with van der Waals surface area (Å²) in [5.74, 6) is -0.535. The van der Waals surface area contributed by atoms with Crippen LogP contribution in [0, 0.1) is 11.6 Å². The van der Waals surface area contributed by atoms with Crippen molar-refractivity contribution < 1.29 is 13.6 Å². The summed E-state index contributed by atoms with van der Waals surface area (Å²) in [6.45, 7) is 1.75. The lowest BCUT2D eigenvalue weighted by atomic mass is 10.2. The summed E-state index contributed by atoms with van der Waals surface area (Å²) in [7, 11) is 0. The zero-order valence-corrected chi connectivity index (χ0v) is 15.5. The summed E-state index contributed by atoms with van der Waals surface area (Å²) >= 11 is 2.76. The second-order valence-corrected chi connectivity index (χ2v) is 7.73. The van der Waals surface area contributed by atoms with Crippen molar-refractivity contribution in [1.29, 1.82) is 0 Å². The van der Waals surface area contributed by atoms with Gasteiger partial charge < -0.3 is 5.32 Å². The summed E-state index contributed by atoms with van der Waals surface area (Å²) in [5, 5.41) is 4.67. The zero-order chi connectivity index (χ0) is 18.5. The predicted octanol–water partition coefficient (Wildman–Crippen LogP) is 5.35. The molecule has 0 radical (unpaired) electrons. The van der Waals surface area contributed by atoms with Crippen LogP contribution in [-0.2, 0) is 10.5 Å². The lowest BCUT2D eigenvalue weighted by Gasteiger charge is -2.11. The number of anilines is 1. The van der Waals surface area contributed by atoms with E-state index in [1.54, 1.807) is 37.3 Å². The maximum atomic E-state index is 13.8. The Labute approximate surface area is 158 Å². The molecule has 3 aromatic rings. The number of nitrogens with one attached hydrogen (secondary N) is 1. The third-order valence-electron chi connectivity index (χ3n) is 3.64. The van der Waals surface area contributed by atoms with E-state index >= 15 is 0 Å². The Morgan fingerprint density at radius 1 is 1.15 bits per heavy atom. The van der Waals surface area contributed by atoms with Crippen LogP contribution in [0.15, 0.2) is 53.9 Å². The van der Waals surface area contributed by atoms with Crippen molar-refractivity contribution in [3.63, 3.8) is 0 Å². The fourth-order valence-electron chi connectivity index (χ4n) is 2.21. The van der Waals surface area contributed by atoms with Gasteiger partial charge in [0.15, 0.2) is 0 Å². The normalized spacial score (nSPS) is 12.0. The minimum atomic E-state index is -0.466. The first-order valence-corrected chi connectivity index (χ1v) is 9.83. The van der Waals surface area contributed by atoms with E-state index in [4.69, 9.17) is 0 Å². The number of carbonyl (C=O) groups is 1. The number of hydrogen-bond donors (Lipinski definition) is 1. The second-order valence-electron chi connectivity index (χ2n) is 5.55. The van der Waals surface area contributed by atoms with Crippen LogP contribution in [0.25, 0.3) is 10.6 Å². The van der Waals surface area contributed by atoms with Crippen molar-refractivity contribution in [2.45, 2.75) is 17.9 Å². The van der Waals surface area contributed by atoms with Crippen molar-refractivity contribution in [2.24, 2.45) is 0 Å². The van der Waals surface area contributed by atoms with Gasteiger partial charge in [-0.1, -0.05) is 24.3 Å². The minimum absolute atomic E-state index is 0.167. The molecule has 0 saturated carbocycles. The highest BCUT2D eigenvalue weighted by Gasteiger charge is 2.16. The Balaban J connectivity index is 1.58. The van der Waals surface area contributed by atoms with E-state index in [1.165, 1.54) is 41.3 Å². The number of aromatic nitrogens is 1. The van der Waals surface area contributed by atoms with E-state index in [0.29, 0.717) is 16.3 Å². The predicted molar refractivity (Wildman–Crippen MR) is 103 cm³/mol. The maximum Gasteiger partial charge on any atom is 0.237 e. The number of carbonyl (C=O) groups excluding carboxylic acids is 1.